The van der Waals surface area contributed by atoms with E-state index in [2.05, 4.69) is 69.0 Å². The van der Waals surface area contributed by atoms with Crippen molar-refractivity contribution < 1.29 is 14.6 Å². The molecular formula is C31H36O3. The summed E-state index contributed by atoms with van der Waals surface area (Å²) < 4.78 is 5.20. The first-order valence-electron chi connectivity index (χ1n) is 12.3. The number of carbonyl (C=O) groups is 1. The zero-order valence-corrected chi connectivity index (χ0v) is 20.5. The SMILES string of the molecule is C=CC(=O)OCCc1cc(CO)ccc1-c1ccc(-c2ccc(CCCCC)cc2)c(CC)c1. The molecule has 0 unspecified atom stereocenters. The monoisotopic (exact) mass is 456 g/mol. The Balaban J connectivity index is 1.87. The van der Waals surface area contributed by atoms with Crippen LogP contribution in [0.2, 0.25) is 0 Å². The summed E-state index contributed by atoms with van der Waals surface area (Å²) in [5.74, 6) is -0.422. The third-order valence-electron chi connectivity index (χ3n) is 6.27. The largest absolute Gasteiger partial charge is 0.462 e. The number of aliphatic hydroxyl groups is 1. The molecule has 3 nitrogen and oxygen atoms in total. The van der Waals surface area contributed by atoms with Crippen LogP contribution in [-0.2, 0) is 35.4 Å². The van der Waals surface area contributed by atoms with Gasteiger partial charge < -0.3 is 9.84 Å². The van der Waals surface area contributed by atoms with Gasteiger partial charge in [0.1, 0.15) is 0 Å². The van der Waals surface area contributed by atoms with Gasteiger partial charge in [-0.3, -0.25) is 0 Å². The predicted molar refractivity (Wildman–Crippen MR) is 141 cm³/mol. The molecule has 178 valence electrons. The fourth-order valence-corrected chi connectivity index (χ4v) is 4.32. The van der Waals surface area contributed by atoms with E-state index in [4.69, 9.17) is 4.74 Å². The van der Waals surface area contributed by atoms with Crippen molar-refractivity contribution in [1.82, 2.24) is 0 Å². The molecule has 3 aromatic carbocycles. The van der Waals surface area contributed by atoms with Gasteiger partial charge in [-0.2, -0.15) is 0 Å². The van der Waals surface area contributed by atoms with Gasteiger partial charge in [-0.1, -0.05) is 93.9 Å². The molecule has 0 bridgehead atoms. The molecule has 0 spiro atoms. The van der Waals surface area contributed by atoms with Crippen molar-refractivity contribution in [3.63, 3.8) is 0 Å². The number of aryl methyl sites for hydroxylation is 2. The molecule has 0 aliphatic heterocycles. The van der Waals surface area contributed by atoms with Crippen molar-refractivity contribution in [2.45, 2.75) is 59.0 Å². The van der Waals surface area contributed by atoms with E-state index in [1.165, 1.54) is 47.6 Å². The fraction of sp³-hybridized carbons (Fsp3) is 0.323. The molecule has 0 aliphatic carbocycles. The Bertz CT molecular complexity index is 1100. The van der Waals surface area contributed by atoms with Crippen LogP contribution in [0.1, 0.15) is 55.4 Å². The summed E-state index contributed by atoms with van der Waals surface area (Å²) in [5.41, 5.74) is 9.33. The van der Waals surface area contributed by atoms with Crippen molar-refractivity contribution in [1.29, 1.82) is 0 Å². The van der Waals surface area contributed by atoms with Crippen molar-refractivity contribution >= 4 is 5.97 Å². The molecule has 0 amide bonds. The molecule has 0 fully saturated rings. The van der Waals surface area contributed by atoms with Gasteiger partial charge >= 0.3 is 5.97 Å². The van der Waals surface area contributed by atoms with Crippen molar-refractivity contribution in [3.05, 3.63) is 95.6 Å². The van der Waals surface area contributed by atoms with Crippen LogP contribution in [-0.4, -0.2) is 17.7 Å². The van der Waals surface area contributed by atoms with Crippen LogP contribution in [0.25, 0.3) is 22.3 Å². The molecule has 0 radical (unpaired) electrons. The molecular weight excluding hydrogens is 420 g/mol. The number of aliphatic hydroxyl groups excluding tert-OH is 1. The highest BCUT2D eigenvalue weighted by molar-refractivity contribution is 5.81. The van der Waals surface area contributed by atoms with E-state index in [1.807, 2.05) is 12.1 Å². The van der Waals surface area contributed by atoms with Crippen LogP contribution in [0.5, 0.6) is 0 Å². The predicted octanol–water partition coefficient (Wildman–Crippen LogP) is 7.08. The van der Waals surface area contributed by atoms with E-state index in [0.717, 1.165) is 35.1 Å². The van der Waals surface area contributed by atoms with Crippen LogP contribution in [0, 0.1) is 0 Å². The van der Waals surface area contributed by atoms with Crippen LogP contribution in [0.15, 0.2) is 73.3 Å². The van der Waals surface area contributed by atoms with E-state index in [-0.39, 0.29) is 13.2 Å². The van der Waals surface area contributed by atoms with E-state index < -0.39 is 5.97 Å². The Labute approximate surface area is 204 Å². The van der Waals surface area contributed by atoms with Gasteiger partial charge in [-0.15, -0.1) is 0 Å². The molecule has 3 aromatic rings. The van der Waals surface area contributed by atoms with Gasteiger partial charge in [0.15, 0.2) is 0 Å². The second kappa shape index (κ2) is 12.9. The van der Waals surface area contributed by atoms with Gasteiger partial charge in [0.2, 0.25) is 0 Å². The summed E-state index contributed by atoms with van der Waals surface area (Å²) >= 11 is 0. The standard InChI is InChI=1S/C31H36O3/c1-4-7-8-9-23-10-13-26(14-11-23)29-17-15-27(21-25(29)5-2)30-16-12-24(22-32)20-28(30)18-19-34-31(33)6-3/h6,10-17,20-21,32H,3-5,7-9,18-19,22H2,1-2H3. The lowest BCUT2D eigenvalue weighted by atomic mass is 9.90. The molecule has 0 saturated carbocycles. The number of hydrogen-bond donors (Lipinski definition) is 1. The number of hydrogen-bond acceptors (Lipinski definition) is 3. The lowest BCUT2D eigenvalue weighted by Crippen LogP contribution is -2.06. The normalized spacial score (nSPS) is 10.8. The molecule has 0 aliphatic rings. The zero-order valence-electron chi connectivity index (χ0n) is 20.5. The molecule has 1 N–H and O–H groups in total. The molecule has 3 rings (SSSR count). The van der Waals surface area contributed by atoms with E-state index in [1.54, 1.807) is 0 Å². The smallest absolute Gasteiger partial charge is 0.330 e. The Morgan fingerprint density at radius 1 is 0.853 bits per heavy atom. The summed E-state index contributed by atoms with van der Waals surface area (Å²) in [7, 11) is 0. The molecule has 34 heavy (non-hydrogen) atoms. The maximum absolute atomic E-state index is 11.4. The molecule has 0 heterocycles. The van der Waals surface area contributed by atoms with Gasteiger partial charge in [0.05, 0.1) is 13.2 Å². The van der Waals surface area contributed by atoms with Crippen LogP contribution >= 0.6 is 0 Å². The quantitative estimate of drug-likeness (QED) is 0.180. The highest BCUT2D eigenvalue weighted by Crippen LogP contribution is 2.32. The molecule has 3 heteroatoms. The van der Waals surface area contributed by atoms with Crippen LogP contribution < -0.4 is 0 Å². The second-order valence-corrected chi connectivity index (χ2v) is 8.65. The summed E-state index contributed by atoms with van der Waals surface area (Å²) in [6.07, 6.45) is 7.59. The third-order valence-corrected chi connectivity index (χ3v) is 6.27. The van der Waals surface area contributed by atoms with Crippen molar-refractivity contribution in [3.8, 4) is 22.3 Å². The van der Waals surface area contributed by atoms with Crippen LogP contribution in [0.3, 0.4) is 0 Å². The first-order valence-corrected chi connectivity index (χ1v) is 12.3. The zero-order chi connectivity index (χ0) is 24.3. The minimum atomic E-state index is -0.422. The summed E-state index contributed by atoms with van der Waals surface area (Å²) in [6, 6.07) is 21.6. The van der Waals surface area contributed by atoms with E-state index in [0.29, 0.717) is 6.42 Å². The average molecular weight is 457 g/mol. The maximum atomic E-state index is 11.4. The summed E-state index contributed by atoms with van der Waals surface area (Å²) in [4.78, 5) is 11.4. The Kier molecular flexibility index (Phi) is 9.66. The minimum absolute atomic E-state index is 0.0205. The van der Waals surface area contributed by atoms with Gasteiger partial charge in [0.25, 0.3) is 0 Å². The van der Waals surface area contributed by atoms with Gasteiger partial charge in [-0.05, 0) is 63.8 Å². The van der Waals surface area contributed by atoms with Crippen molar-refractivity contribution in [2.75, 3.05) is 6.61 Å². The van der Waals surface area contributed by atoms with E-state index >= 15 is 0 Å². The highest BCUT2D eigenvalue weighted by Gasteiger charge is 2.11. The van der Waals surface area contributed by atoms with Crippen LogP contribution in [0.4, 0.5) is 0 Å². The first kappa shape index (κ1) is 25.5. The number of unbranched alkanes of at least 4 members (excludes halogenated alkanes) is 2. The number of esters is 1. The summed E-state index contributed by atoms with van der Waals surface area (Å²) in [5, 5.41) is 9.60. The number of rotatable bonds is 12. The lowest BCUT2D eigenvalue weighted by Gasteiger charge is -2.15. The summed E-state index contributed by atoms with van der Waals surface area (Å²) in [6.45, 7) is 8.12. The van der Waals surface area contributed by atoms with Gasteiger partial charge in [0, 0.05) is 12.5 Å². The lowest BCUT2D eigenvalue weighted by molar-refractivity contribution is -0.137. The second-order valence-electron chi connectivity index (χ2n) is 8.65. The third kappa shape index (κ3) is 6.68. The average Bonchev–Trinajstić information content (AvgIpc) is 2.88. The van der Waals surface area contributed by atoms with E-state index in [9.17, 15) is 9.90 Å². The molecule has 0 aromatic heterocycles. The number of benzene rings is 3. The minimum Gasteiger partial charge on any atom is -0.462 e. The first-order chi connectivity index (χ1) is 16.6. The van der Waals surface area contributed by atoms with Crippen molar-refractivity contribution in [2.24, 2.45) is 0 Å². The topological polar surface area (TPSA) is 46.5 Å². The Morgan fingerprint density at radius 2 is 1.53 bits per heavy atom. The highest BCUT2D eigenvalue weighted by atomic mass is 16.5. The fourth-order valence-electron chi connectivity index (χ4n) is 4.32. The number of carbonyl (C=O) groups excluding carboxylic acids is 1. The van der Waals surface area contributed by atoms with Gasteiger partial charge in [-0.25, -0.2) is 4.79 Å². The molecule has 0 saturated heterocycles. The Morgan fingerprint density at radius 3 is 2.21 bits per heavy atom. The maximum Gasteiger partial charge on any atom is 0.330 e. The number of ether oxygens (including phenoxy) is 1. The molecule has 0 atom stereocenters. The Hall–Kier alpha value is -3.17.